The van der Waals surface area contributed by atoms with E-state index in [1.165, 1.54) is 22.5 Å². The molecule has 0 bridgehead atoms. The number of rotatable bonds is 8. The summed E-state index contributed by atoms with van der Waals surface area (Å²) in [5.74, 6) is -0.711. The lowest BCUT2D eigenvalue weighted by molar-refractivity contribution is -0.124. The van der Waals surface area contributed by atoms with E-state index in [-0.39, 0.29) is 23.8 Å². The fraction of sp³-hybridized carbons (Fsp3) is 0.281. The molecule has 9 nitrogen and oxygen atoms in total. The molecular weight excluding hydrogens is 586 g/mol. The molecule has 0 radical (unpaired) electrons. The predicted octanol–water partition coefficient (Wildman–Crippen LogP) is 4.22. The molecule has 2 fully saturated rings. The fourth-order valence-electron chi connectivity index (χ4n) is 5.66. The van der Waals surface area contributed by atoms with E-state index in [0.29, 0.717) is 62.0 Å². The van der Waals surface area contributed by atoms with Gasteiger partial charge in [-0.15, -0.1) is 0 Å². The zero-order valence-corrected chi connectivity index (χ0v) is 24.8. The van der Waals surface area contributed by atoms with Crippen LogP contribution in [0.4, 0.5) is 20.4 Å². The average Bonchev–Trinajstić information content (AvgIpc) is 3.56. The lowest BCUT2D eigenvalue weighted by atomic mass is 10.1. The molecule has 1 atom stereocenters. The summed E-state index contributed by atoms with van der Waals surface area (Å²) in [4.78, 5) is 26.9. The third kappa shape index (κ3) is 6.27. The highest BCUT2D eigenvalue weighted by molar-refractivity contribution is 7.89. The van der Waals surface area contributed by atoms with E-state index in [9.17, 15) is 22.0 Å². The van der Waals surface area contributed by atoms with Gasteiger partial charge in [-0.1, -0.05) is 42.5 Å². The first kappa shape index (κ1) is 29.6. The summed E-state index contributed by atoms with van der Waals surface area (Å²) in [6, 6.07) is 21.9. The Hall–Kier alpha value is -4.42. The van der Waals surface area contributed by atoms with Crippen molar-refractivity contribution in [1.82, 2.24) is 19.6 Å². The van der Waals surface area contributed by atoms with Crippen LogP contribution in [0.5, 0.6) is 0 Å². The second-order valence-electron chi connectivity index (χ2n) is 10.8. The number of benzene rings is 3. The second-order valence-corrected chi connectivity index (χ2v) is 12.7. The van der Waals surface area contributed by atoms with E-state index in [1.807, 2.05) is 52.3 Å². The number of carbonyl (C=O) groups excluding carboxylic acids is 1. The molecule has 3 heterocycles. The quantitative estimate of drug-likeness (QED) is 0.316. The highest BCUT2D eigenvalue weighted by atomic mass is 32.2. The Morgan fingerprint density at radius 3 is 2.25 bits per heavy atom. The maximum Gasteiger partial charge on any atom is 0.243 e. The SMILES string of the molecule is O=C(NCc1cc(-c2ccccc2)nc(N2CCN(c3ccccc3F)CC2)n1)C1CCCN1S(=O)(=O)c1ccc(F)cc1. The van der Waals surface area contributed by atoms with E-state index < -0.39 is 27.8 Å². The molecule has 44 heavy (non-hydrogen) atoms. The Bertz CT molecular complexity index is 1730. The van der Waals surface area contributed by atoms with Crippen LogP contribution in [0.3, 0.4) is 0 Å². The number of halogens is 2. The monoisotopic (exact) mass is 618 g/mol. The van der Waals surface area contributed by atoms with Gasteiger partial charge >= 0.3 is 0 Å². The molecule has 1 aromatic heterocycles. The van der Waals surface area contributed by atoms with Crippen LogP contribution in [-0.4, -0.2) is 67.4 Å². The molecular formula is C32H32F2N6O3S. The molecule has 3 aromatic carbocycles. The van der Waals surface area contributed by atoms with Crippen molar-refractivity contribution in [2.24, 2.45) is 0 Å². The Morgan fingerprint density at radius 2 is 1.52 bits per heavy atom. The van der Waals surface area contributed by atoms with Crippen molar-refractivity contribution < 1.29 is 22.0 Å². The van der Waals surface area contributed by atoms with E-state index in [2.05, 4.69) is 5.32 Å². The smallest absolute Gasteiger partial charge is 0.243 e. The minimum Gasteiger partial charge on any atom is -0.366 e. The maximum absolute atomic E-state index is 14.4. The molecule has 2 aliphatic heterocycles. The van der Waals surface area contributed by atoms with Gasteiger partial charge in [-0.3, -0.25) is 4.79 Å². The van der Waals surface area contributed by atoms with Gasteiger partial charge in [-0.2, -0.15) is 4.31 Å². The van der Waals surface area contributed by atoms with Crippen LogP contribution in [0, 0.1) is 11.6 Å². The van der Waals surface area contributed by atoms with Gasteiger partial charge in [0, 0.05) is 38.3 Å². The molecule has 1 N–H and O–H groups in total. The number of hydrogen-bond donors (Lipinski definition) is 1. The first-order valence-electron chi connectivity index (χ1n) is 14.5. The predicted molar refractivity (Wildman–Crippen MR) is 163 cm³/mol. The Balaban J connectivity index is 1.19. The Morgan fingerprint density at radius 1 is 0.841 bits per heavy atom. The molecule has 0 saturated carbocycles. The minimum atomic E-state index is -3.98. The van der Waals surface area contributed by atoms with Crippen LogP contribution in [-0.2, 0) is 21.4 Å². The van der Waals surface area contributed by atoms with Gasteiger partial charge < -0.3 is 15.1 Å². The Labute approximate surface area is 255 Å². The van der Waals surface area contributed by atoms with E-state index in [4.69, 9.17) is 9.97 Å². The summed E-state index contributed by atoms with van der Waals surface area (Å²) < 4.78 is 55.5. The number of nitrogens with one attached hydrogen (secondary N) is 1. The molecule has 12 heteroatoms. The number of aromatic nitrogens is 2. The van der Waals surface area contributed by atoms with Crippen molar-refractivity contribution in [2.75, 3.05) is 42.5 Å². The van der Waals surface area contributed by atoms with Crippen molar-refractivity contribution in [3.63, 3.8) is 0 Å². The standard InChI is InChI=1S/C32H32F2N6O3S/c33-24-12-14-26(15-13-24)44(42,43)40-16-6-11-30(40)31(41)35-22-25-21-28(23-7-2-1-3-8-23)37-32(36-25)39-19-17-38(18-20-39)29-10-5-4-9-27(29)34/h1-5,7-10,12-15,21,30H,6,11,16-20,22H2,(H,35,41). The van der Waals surface area contributed by atoms with Crippen molar-refractivity contribution >= 4 is 27.6 Å². The van der Waals surface area contributed by atoms with Crippen molar-refractivity contribution in [3.05, 3.63) is 102 Å². The molecule has 228 valence electrons. The van der Waals surface area contributed by atoms with Crippen LogP contribution in [0.15, 0.2) is 89.8 Å². The summed E-state index contributed by atoms with van der Waals surface area (Å²) in [5.41, 5.74) is 2.72. The molecule has 2 aliphatic rings. The second kappa shape index (κ2) is 12.7. The highest BCUT2D eigenvalue weighted by Crippen LogP contribution is 2.27. The van der Waals surface area contributed by atoms with E-state index in [1.54, 1.807) is 12.1 Å². The summed E-state index contributed by atoms with van der Waals surface area (Å²) >= 11 is 0. The van der Waals surface area contributed by atoms with E-state index >= 15 is 0 Å². The molecule has 0 spiro atoms. The molecule has 2 saturated heterocycles. The van der Waals surface area contributed by atoms with Crippen molar-refractivity contribution in [3.8, 4) is 11.3 Å². The molecule has 4 aromatic rings. The van der Waals surface area contributed by atoms with Crippen LogP contribution in [0.1, 0.15) is 18.5 Å². The fourth-order valence-corrected chi connectivity index (χ4v) is 7.31. The molecule has 6 rings (SSSR count). The minimum absolute atomic E-state index is 0.0540. The van der Waals surface area contributed by atoms with Crippen LogP contribution >= 0.6 is 0 Å². The third-order valence-corrected chi connectivity index (χ3v) is 9.89. The Kier molecular flexibility index (Phi) is 8.53. The third-order valence-electron chi connectivity index (χ3n) is 7.96. The molecule has 1 amide bonds. The van der Waals surface area contributed by atoms with Crippen molar-refractivity contribution in [1.29, 1.82) is 0 Å². The van der Waals surface area contributed by atoms with Crippen LogP contribution in [0.2, 0.25) is 0 Å². The summed E-state index contributed by atoms with van der Waals surface area (Å²) in [6.07, 6.45) is 0.913. The summed E-state index contributed by atoms with van der Waals surface area (Å²) in [5, 5.41) is 2.88. The lowest BCUT2D eigenvalue weighted by Gasteiger charge is -2.36. The maximum atomic E-state index is 14.4. The zero-order chi connectivity index (χ0) is 30.7. The number of carbonyl (C=O) groups is 1. The number of anilines is 2. The number of hydrogen-bond acceptors (Lipinski definition) is 7. The number of amides is 1. The number of nitrogens with zero attached hydrogens (tertiary/aromatic N) is 5. The van der Waals surface area contributed by atoms with Crippen LogP contribution in [0.25, 0.3) is 11.3 Å². The number of para-hydroxylation sites is 1. The van der Waals surface area contributed by atoms with Gasteiger partial charge in [-0.05, 0) is 55.3 Å². The lowest BCUT2D eigenvalue weighted by Crippen LogP contribution is -2.47. The summed E-state index contributed by atoms with van der Waals surface area (Å²) in [6.45, 7) is 2.61. The van der Waals surface area contributed by atoms with Gasteiger partial charge in [0.25, 0.3) is 0 Å². The first-order chi connectivity index (χ1) is 21.3. The largest absolute Gasteiger partial charge is 0.366 e. The zero-order valence-electron chi connectivity index (χ0n) is 23.9. The number of sulfonamides is 1. The van der Waals surface area contributed by atoms with Gasteiger partial charge in [0.2, 0.25) is 21.9 Å². The normalized spacial score (nSPS) is 17.5. The number of piperazine rings is 1. The van der Waals surface area contributed by atoms with Gasteiger partial charge in [0.1, 0.15) is 17.7 Å². The first-order valence-corrected chi connectivity index (χ1v) is 16.0. The molecule has 0 aliphatic carbocycles. The van der Waals surface area contributed by atoms with Gasteiger partial charge in [0.05, 0.1) is 28.5 Å². The highest BCUT2D eigenvalue weighted by Gasteiger charge is 2.39. The van der Waals surface area contributed by atoms with Crippen LogP contribution < -0.4 is 15.1 Å². The van der Waals surface area contributed by atoms with Crippen molar-refractivity contribution in [2.45, 2.75) is 30.3 Å². The average molecular weight is 619 g/mol. The van der Waals surface area contributed by atoms with Gasteiger partial charge in [-0.25, -0.2) is 27.2 Å². The summed E-state index contributed by atoms with van der Waals surface area (Å²) in [7, 11) is -3.98. The molecule has 1 unspecified atom stereocenters. The van der Waals surface area contributed by atoms with Gasteiger partial charge in [0.15, 0.2) is 0 Å². The van der Waals surface area contributed by atoms with E-state index in [0.717, 1.165) is 17.7 Å². The topological polar surface area (TPSA) is 98.7 Å².